The number of alkyl halides is 6. The van der Waals surface area contributed by atoms with Gasteiger partial charge in [0, 0.05) is 85.0 Å². The number of unbranched alkanes of at least 4 members (excludes halogenated alkanes) is 3. The number of anilines is 1. The average Bonchev–Trinajstić information content (AvgIpc) is 3.84. The van der Waals surface area contributed by atoms with Gasteiger partial charge in [0.1, 0.15) is 41.5 Å². The van der Waals surface area contributed by atoms with E-state index in [1.165, 1.54) is 62.7 Å². The Labute approximate surface area is 456 Å². The first kappa shape index (κ1) is 67.9. The number of ketones is 1. The Kier molecular flexibility index (Phi) is 28.8. The van der Waals surface area contributed by atoms with Crippen molar-refractivity contribution in [2.45, 2.75) is 190 Å². The summed E-state index contributed by atoms with van der Waals surface area (Å²) in [6.07, 6.45) is 4.74. The van der Waals surface area contributed by atoms with Crippen LogP contribution in [0, 0.1) is 29.9 Å². The molecule has 20 heteroatoms. The van der Waals surface area contributed by atoms with E-state index in [1.54, 1.807) is 39.2 Å². The Hall–Kier alpha value is -5.17. The third-order valence-electron chi connectivity index (χ3n) is 12.4. The van der Waals surface area contributed by atoms with Gasteiger partial charge in [0.05, 0.1) is 17.9 Å². The largest absolute Gasteiger partial charge is 0.385 e. The van der Waals surface area contributed by atoms with E-state index in [2.05, 4.69) is 31.2 Å². The van der Waals surface area contributed by atoms with Crippen LogP contribution in [-0.2, 0) is 34.8 Å². The molecule has 1 radical (unpaired) electrons. The summed E-state index contributed by atoms with van der Waals surface area (Å²) in [5, 5.41) is 15.2. The second-order valence-electron chi connectivity index (χ2n) is 19.1. The number of hydrogen-bond donors (Lipinski definition) is 2. The van der Waals surface area contributed by atoms with Crippen LogP contribution in [0.3, 0.4) is 0 Å². The topological polar surface area (TPSA) is 128 Å². The highest BCUT2D eigenvalue weighted by atomic mass is 35.5. The number of methoxy groups -OCH3 is 1. The summed E-state index contributed by atoms with van der Waals surface area (Å²) in [5.41, 5.74) is 1.41. The SMILES string of the molecule is CC.CC(=O)Cn1nc(C(F)F)c2c1C(F)(F)C(C)C2.CCC.CCCCCCOC.CCNc1cc(C2CCC(F)(F)CC2)nc2nc([C@@H](C)Cc3cc(F)cc(F)c3)n(-c3ccc(Cl)c(C=N)c3C)c(=O)c12.C[B]C. The Bertz CT molecular complexity index is 2680. The molecule has 0 amide bonds. The van der Waals surface area contributed by atoms with Crippen LogP contribution in [0.1, 0.15) is 184 Å². The number of carbonyl (C=O) groups excluding carboxylic acids is 1. The summed E-state index contributed by atoms with van der Waals surface area (Å²) in [6.45, 7) is 23.4. The lowest BCUT2D eigenvalue weighted by Crippen LogP contribution is -2.28. The second-order valence-corrected chi connectivity index (χ2v) is 19.5. The van der Waals surface area contributed by atoms with Gasteiger partial charge in [0.2, 0.25) is 5.92 Å². The number of rotatable bonds is 16. The molecule has 77 heavy (non-hydrogen) atoms. The summed E-state index contributed by atoms with van der Waals surface area (Å²) >= 11 is 6.35. The summed E-state index contributed by atoms with van der Waals surface area (Å²) in [6, 6.07) is 8.30. The fourth-order valence-electron chi connectivity index (χ4n) is 8.87. The molecule has 2 aliphatic rings. The molecule has 1 saturated carbocycles. The van der Waals surface area contributed by atoms with E-state index >= 15 is 0 Å². The number of halogens is 9. The first-order valence-corrected chi connectivity index (χ1v) is 27.1. The van der Waals surface area contributed by atoms with E-state index in [-0.39, 0.29) is 61.0 Å². The molecule has 5 aromatic rings. The summed E-state index contributed by atoms with van der Waals surface area (Å²) in [4.78, 5) is 35.1. The van der Waals surface area contributed by atoms with E-state index in [1.807, 2.05) is 41.7 Å². The predicted octanol–water partition coefficient (Wildman–Crippen LogP) is 16.2. The zero-order chi connectivity index (χ0) is 58.4. The van der Waals surface area contributed by atoms with Crippen LogP contribution < -0.4 is 10.9 Å². The number of Topliss-reactive ketones (excluding diaryl/α,β-unsaturated/α-hetero) is 1. The molecule has 0 spiro atoms. The van der Waals surface area contributed by atoms with Crippen molar-refractivity contribution >= 4 is 47.6 Å². The molecule has 3 heterocycles. The van der Waals surface area contributed by atoms with Crippen LogP contribution in [0.25, 0.3) is 16.7 Å². The van der Waals surface area contributed by atoms with Crippen LogP contribution in [0.2, 0.25) is 18.7 Å². The van der Waals surface area contributed by atoms with Gasteiger partial charge in [-0.1, -0.05) is 99.4 Å². The van der Waals surface area contributed by atoms with Gasteiger partial charge in [0.15, 0.2) is 11.4 Å². The minimum atomic E-state index is -3.22. The summed E-state index contributed by atoms with van der Waals surface area (Å²) < 4.78 is 116. The smallest absolute Gasteiger partial charge is 0.292 e. The van der Waals surface area contributed by atoms with Crippen molar-refractivity contribution in [1.29, 1.82) is 5.41 Å². The normalized spacial score (nSPS) is 15.4. The van der Waals surface area contributed by atoms with Gasteiger partial charge in [-0.25, -0.2) is 36.3 Å². The maximum atomic E-state index is 14.5. The van der Waals surface area contributed by atoms with Crippen molar-refractivity contribution < 1.29 is 44.7 Å². The van der Waals surface area contributed by atoms with Crippen molar-refractivity contribution in [3.05, 3.63) is 109 Å². The summed E-state index contributed by atoms with van der Waals surface area (Å²) in [5.74, 6) is -9.23. The molecule has 10 nitrogen and oxygen atoms in total. The Morgan fingerprint density at radius 1 is 0.987 bits per heavy atom. The number of fused-ring (bicyclic) bond motifs is 2. The molecule has 0 saturated heterocycles. The molecule has 2 atom stereocenters. The molecule has 0 bridgehead atoms. The molecular weight excluding hydrogens is 1030 g/mol. The lowest BCUT2D eigenvalue weighted by molar-refractivity contribution is -0.118. The van der Waals surface area contributed by atoms with E-state index < -0.39 is 71.0 Å². The molecule has 1 fully saturated rings. The standard InChI is InChI=1S/C32H32ClF4N5O.C11H12F4N2O.C7H16O.C3H8.C2H6B.C2H6/c1-4-39-26-15-25(20-7-9-32(36,37)10-8-20)40-29-28(26)31(43)42(27-6-5-24(33)23(16-38)18(27)3)30(41-29)17(2)11-19-12-21(34)14-22(35)13-19;1-5-3-7-8(10(12)13)16-17(4-6(2)18)9(7)11(5,14)15;1-3-4-5-6-7-8-2;2*1-3-2;1-2/h5-6,12-17,20,38H,4,7-11H2,1-3H3,(H,39,40);5,10H,3-4H2,1-2H3;3-7H2,1-2H3;3H2,1-2H3;1-2H3;1-2H3/t17-;;;;;/m0...../s1. The van der Waals surface area contributed by atoms with Gasteiger partial charge in [-0.2, -0.15) is 13.9 Å². The highest BCUT2D eigenvalue weighted by Crippen LogP contribution is 2.48. The van der Waals surface area contributed by atoms with Crippen molar-refractivity contribution in [3.63, 3.8) is 0 Å². The number of hydrogen-bond acceptors (Lipinski definition) is 8. The van der Waals surface area contributed by atoms with Gasteiger partial charge >= 0.3 is 0 Å². The zero-order valence-corrected chi connectivity index (χ0v) is 47.9. The zero-order valence-electron chi connectivity index (χ0n) is 47.2. The van der Waals surface area contributed by atoms with Gasteiger partial charge in [-0.15, -0.1) is 0 Å². The minimum absolute atomic E-state index is 0.108. The highest BCUT2D eigenvalue weighted by Gasteiger charge is 2.51. The van der Waals surface area contributed by atoms with Crippen LogP contribution in [0.15, 0.2) is 41.2 Å². The Morgan fingerprint density at radius 2 is 1.58 bits per heavy atom. The number of nitrogens with zero attached hydrogens (tertiary/aromatic N) is 5. The summed E-state index contributed by atoms with van der Waals surface area (Å²) in [7, 11) is 3.76. The van der Waals surface area contributed by atoms with Crippen LogP contribution in [0.4, 0.5) is 40.8 Å². The van der Waals surface area contributed by atoms with E-state index in [4.69, 9.17) is 31.7 Å². The lowest BCUT2D eigenvalue weighted by atomic mass is 9.84. The quantitative estimate of drug-likeness (QED) is 0.0436. The molecule has 7 rings (SSSR count). The van der Waals surface area contributed by atoms with Crippen molar-refractivity contribution in [2.75, 3.05) is 25.6 Å². The molecule has 2 aliphatic carbocycles. The van der Waals surface area contributed by atoms with Gasteiger partial charge in [-0.3, -0.25) is 18.8 Å². The monoisotopic (exact) mass is 1110 g/mol. The van der Waals surface area contributed by atoms with Crippen LogP contribution >= 0.6 is 11.6 Å². The molecule has 3 aromatic heterocycles. The lowest BCUT2D eigenvalue weighted by Gasteiger charge is -2.28. The molecule has 1 unspecified atom stereocenters. The van der Waals surface area contributed by atoms with E-state index in [0.29, 0.717) is 51.2 Å². The number of aromatic nitrogens is 5. The Balaban J connectivity index is 0.000000487. The molecular formula is C57H80BClF8N7O3. The number of nitrogens with one attached hydrogen (secondary N) is 2. The maximum Gasteiger partial charge on any atom is 0.292 e. The highest BCUT2D eigenvalue weighted by molar-refractivity contribution is 6.33. The van der Waals surface area contributed by atoms with Crippen LogP contribution in [-0.4, -0.2) is 69.8 Å². The third-order valence-corrected chi connectivity index (χ3v) is 12.7. The Morgan fingerprint density at radius 3 is 2.10 bits per heavy atom. The maximum absolute atomic E-state index is 14.5. The second kappa shape index (κ2) is 32.7. The van der Waals surface area contributed by atoms with Crippen molar-refractivity contribution in [1.82, 2.24) is 24.3 Å². The molecule has 427 valence electrons. The number of pyridine rings is 1. The van der Waals surface area contributed by atoms with Gasteiger partial charge in [-0.05, 0) is 94.3 Å². The van der Waals surface area contributed by atoms with Crippen molar-refractivity contribution in [3.8, 4) is 5.69 Å². The van der Waals surface area contributed by atoms with Crippen LogP contribution in [0.5, 0.6) is 0 Å². The molecule has 0 aliphatic heterocycles. The first-order chi connectivity index (χ1) is 36.4. The fourth-order valence-corrected chi connectivity index (χ4v) is 9.13. The predicted molar refractivity (Wildman–Crippen MR) is 297 cm³/mol. The van der Waals surface area contributed by atoms with E-state index in [0.717, 1.165) is 23.6 Å². The number of ether oxygens (including phenoxy) is 1. The molecule has 2 N–H and O–H groups in total. The molecule has 2 aromatic carbocycles. The van der Waals surface area contributed by atoms with Crippen molar-refractivity contribution in [2.24, 2.45) is 5.92 Å². The minimum Gasteiger partial charge on any atom is -0.385 e. The average molecular weight is 1110 g/mol. The van der Waals surface area contributed by atoms with Gasteiger partial charge in [0.25, 0.3) is 17.9 Å². The van der Waals surface area contributed by atoms with E-state index in [9.17, 15) is 44.7 Å². The third kappa shape index (κ3) is 18.7. The number of carbonyl (C=O) groups is 1. The fraction of sp³-hybridized carbons (Fsp3) is 0.579. The number of benzene rings is 2. The first-order valence-electron chi connectivity index (χ1n) is 26.7. The van der Waals surface area contributed by atoms with Gasteiger partial charge < -0.3 is 15.5 Å².